The van der Waals surface area contributed by atoms with Crippen molar-refractivity contribution in [2.45, 2.75) is 44.4 Å². The Balaban J connectivity index is 2.10. The molecule has 1 unspecified atom stereocenters. The van der Waals surface area contributed by atoms with E-state index in [0.29, 0.717) is 0 Å². The van der Waals surface area contributed by atoms with Gasteiger partial charge < -0.3 is 0 Å². The van der Waals surface area contributed by atoms with Crippen LogP contribution < -0.4 is 0 Å². The highest BCUT2D eigenvalue weighted by Gasteiger charge is 2.25. The van der Waals surface area contributed by atoms with Crippen LogP contribution in [0.25, 0.3) is 0 Å². The summed E-state index contributed by atoms with van der Waals surface area (Å²) in [6.07, 6.45) is 10.2. The second-order valence-corrected chi connectivity index (χ2v) is 4.93. The van der Waals surface area contributed by atoms with Crippen LogP contribution in [0.2, 0.25) is 0 Å². The molecule has 0 radical (unpaired) electrons. The van der Waals surface area contributed by atoms with Gasteiger partial charge in [0.2, 0.25) is 0 Å². The van der Waals surface area contributed by atoms with E-state index in [1.165, 1.54) is 37.7 Å². The Bertz CT molecular complexity index is 306. The van der Waals surface area contributed by atoms with Gasteiger partial charge in [-0.1, -0.05) is 49.2 Å². The number of benzene rings is 1. The quantitative estimate of drug-likeness (QED) is 0.610. The van der Waals surface area contributed by atoms with Gasteiger partial charge in [-0.2, -0.15) is 0 Å². The van der Waals surface area contributed by atoms with Crippen LogP contribution in [0.15, 0.2) is 43.0 Å². The molecular weight excluding hydrogens is 192 g/mol. The summed E-state index contributed by atoms with van der Waals surface area (Å²) >= 11 is 0. The largest absolute Gasteiger partial charge is 0.103 e. The van der Waals surface area contributed by atoms with Crippen molar-refractivity contribution in [3.05, 3.63) is 48.6 Å². The number of rotatable bonds is 5. The SMILES string of the molecule is C=CCCC(c1ccccc1)C1CCCC1. The lowest BCUT2D eigenvalue weighted by Crippen LogP contribution is -2.09. The minimum Gasteiger partial charge on any atom is -0.103 e. The van der Waals surface area contributed by atoms with Crippen molar-refractivity contribution in [1.82, 2.24) is 0 Å². The van der Waals surface area contributed by atoms with Crippen molar-refractivity contribution in [2.75, 3.05) is 0 Å². The third-order valence-electron chi connectivity index (χ3n) is 3.88. The molecule has 0 bridgehead atoms. The molecule has 16 heavy (non-hydrogen) atoms. The van der Waals surface area contributed by atoms with E-state index < -0.39 is 0 Å². The predicted molar refractivity (Wildman–Crippen MR) is 70.6 cm³/mol. The van der Waals surface area contributed by atoms with Gasteiger partial charge in [-0.05, 0) is 43.1 Å². The minimum atomic E-state index is 0.765. The molecule has 0 heterocycles. The van der Waals surface area contributed by atoms with Crippen LogP contribution in [0.1, 0.15) is 50.0 Å². The van der Waals surface area contributed by atoms with Gasteiger partial charge in [-0.3, -0.25) is 0 Å². The van der Waals surface area contributed by atoms with Gasteiger partial charge >= 0.3 is 0 Å². The maximum atomic E-state index is 3.85. The van der Waals surface area contributed by atoms with Crippen LogP contribution in [0.3, 0.4) is 0 Å². The van der Waals surface area contributed by atoms with Crippen LogP contribution in [-0.2, 0) is 0 Å². The van der Waals surface area contributed by atoms with Crippen molar-refractivity contribution in [3.63, 3.8) is 0 Å². The molecular formula is C16H22. The Morgan fingerprint density at radius 3 is 2.50 bits per heavy atom. The molecule has 1 aromatic carbocycles. The Morgan fingerprint density at radius 2 is 1.88 bits per heavy atom. The lowest BCUT2D eigenvalue weighted by Gasteiger charge is -2.23. The van der Waals surface area contributed by atoms with Crippen molar-refractivity contribution >= 4 is 0 Å². The standard InChI is InChI=1S/C16H22/c1-2-3-13-16(15-11-7-8-12-15)14-9-5-4-6-10-14/h2,4-6,9-10,15-16H,1,3,7-8,11-13H2. The molecule has 1 saturated carbocycles. The van der Waals surface area contributed by atoms with Gasteiger partial charge in [0.1, 0.15) is 0 Å². The molecule has 1 aliphatic rings. The van der Waals surface area contributed by atoms with Gasteiger partial charge in [0, 0.05) is 0 Å². The third-order valence-corrected chi connectivity index (χ3v) is 3.88. The zero-order chi connectivity index (χ0) is 11.2. The molecule has 1 aliphatic carbocycles. The molecule has 0 aliphatic heterocycles. The summed E-state index contributed by atoms with van der Waals surface area (Å²) in [4.78, 5) is 0. The predicted octanol–water partition coefficient (Wildman–Crippen LogP) is 4.93. The van der Waals surface area contributed by atoms with E-state index in [1.807, 2.05) is 0 Å². The first kappa shape index (κ1) is 11.4. The van der Waals surface area contributed by atoms with Crippen LogP contribution in [-0.4, -0.2) is 0 Å². The zero-order valence-corrected chi connectivity index (χ0v) is 10.1. The molecule has 0 nitrogen and oxygen atoms in total. The summed E-state index contributed by atoms with van der Waals surface area (Å²) in [6, 6.07) is 11.1. The topological polar surface area (TPSA) is 0 Å². The molecule has 2 rings (SSSR count). The van der Waals surface area contributed by atoms with Gasteiger partial charge in [-0.25, -0.2) is 0 Å². The number of hydrogen-bond acceptors (Lipinski definition) is 0. The van der Waals surface area contributed by atoms with Crippen molar-refractivity contribution in [3.8, 4) is 0 Å². The van der Waals surface area contributed by atoms with Crippen LogP contribution in [0.5, 0.6) is 0 Å². The Kier molecular flexibility index (Phi) is 4.21. The van der Waals surface area contributed by atoms with E-state index in [0.717, 1.165) is 18.3 Å². The van der Waals surface area contributed by atoms with Crippen LogP contribution in [0, 0.1) is 5.92 Å². The van der Waals surface area contributed by atoms with Gasteiger partial charge in [0.25, 0.3) is 0 Å². The Hall–Kier alpha value is -1.04. The van der Waals surface area contributed by atoms with E-state index >= 15 is 0 Å². The maximum absolute atomic E-state index is 3.85. The molecule has 0 spiro atoms. The molecule has 0 saturated heterocycles. The fourth-order valence-electron chi connectivity index (χ4n) is 3.03. The van der Waals surface area contributed by atoms with Crippen molar-refractivity contribution in [1.29, 1.82) is 0 Å². The average molecular weight is 214 g/mol. The van der Waals surface area contributed by atoms with Crippen molar-refractivity contribution < 1.29 is 0 Å². The molecule has 1 fully saturated rings. The van der Waals surface area contributed by atoms with E-state index in [-0.39, 0.29) is 0 Å². The molecule has 1 aromatic rings. The van der Waals surface area contributed by atoms with Gasteiger partial charge in [0.05, 0.1) is 0 Å². The summed E-state index contributed by atoms with van der Waals surface area (Å²) in [5, 5.41) is 0. The number of hydrogen-bond donors (Lipinski definition) is 0. The summed E-state index contributed by atoms with van der Waals surface area (Å²) in [5.74, 6) is 1.68. The first-order valence-corrected chi connectivity index (χ1v) is 6.57. The first-order chi connectivity index (χ1) is 7.92. The highest BCUT2D eigenvalue weighted by Crippen LogP contribution is 2.39. The normalized spacial score (nSPS) is 18.5. The first-order valence-electron chi connectivity index (χ1n) is 6.57. The van der Waals surface area contributed by atoms with Crippen LogP contribution >= 0.6 is 0 Å². The monoisotopic (exact) mass is 214 g/mol. The average Bonchev–Trinajstić information content (AvgIpc) is 2.85. The summed E-state index contributed by atoms with van der Waals surface area (Å²) in [6.45, 7) is 3.85. The molecule has 1 atom stereocenters. The summed E-state index contributed by atoms with van der Waals surface area (Å²) in [5.41, 5.74) is 1.54. The summed E-state index contributed by atoms with van der Waals surface area (Å²) < 4.78 is 0. The summed E-state index contributed by atoms with van der Waals surface area (Å²) in [7, 11) is 0. The van der Waals surface area contributed by atoms with Gasteiger partial charge in [0.15, 0.2) is 0 Å². The molecule has 0 N–H and O–H groups in total. The fraction of sp³-hybridized carbons (Fsp3) is 0.500. The molecule has 86 valence electrons. The second kappa shape index (κ2) is 5.89. The minimum absolute atomic E-state index is 0.765. The fourth-order valence-corrected chi connectivity index (χ4v) is 3.03. The molecule has 0 heteroatoms. The third kappa shape index (κ3) is 2.75. The molecule has 0 aromatic heterocycles. The van der Waals surface area contributed by atoms with Crippen molar-refractivity contribution in [2.24, 2.45) is 5.92 Å². The number of allylic oxidation sites excluding steroid dienone is 1. The van der Waals surface area contributed by atoms with Crippen LogP contribution in [0.4, 0.5) is 0 Å². The van der Waals surface area contributed by atoms with E-state index in [9.17, 15) is 0 Å². The Labute approximate surface area is 99.4 Å². The smallest absolute Gasteiger partial charge is 0.0131 e. The van der Waals surface area contributed by atoms with E-state index in [1.54, 1.807) is 0 Å². The van der Waals surface area contributed by atoms with Gasteiger partial charge in [-0.15, -0.1) is 6.58 Å². The lowest BCUT2D eigenvalue weighted by molar-refractivity contribution is 0.414. The second-order valence-electron chi connectivity index (χ2n) is 4.93. The lowest BCUT2D eigenvalue weighted by atomic mass is 9.82. The zero-order valence-electron chi connectivity index (χ0n) is 10.1. The highest BCUT2D eigenvalue weighted by atomic mass is 14.3. The maximum Gasteiger partial charge on any atom is -0.0131 e. The highest BCUT2D eigenvalue weighted by molar-refractivity contribution is 5.20. The van der Waals surface area contributed by atoms with E-state index in [2.05, 4.69) is 43.0 Å². The molecule has 0 amide bonds. The van der Waals surface area contributed by atoms with E-state index in [4.69, 9.17) is 0 Å². The Morgan fingerprint density at radius 1 is 1.19 bits per heavy atom.